The molecule has 0 spiro atoms. The van der Waals surface area contributed by atoms with Crippen molar-refractivity contribution < 1.29 is 0 Å². The van der Waals surface area contributed by atoms with Crippen molar-refractivity contribution in [3.63, 3.8) is 0 Å². The summed E-state index contributed by atoms with van der Waals surface area (Å²) in [6.07, 6.45) is 0. The van der Waals surface area contributed by atoms with Crippen molar-refractivity contribution in [3.8, 4) is 11.4 Å². The highest BCUT2D eigenvalue weighted by atomic mass is 15.3. The number of para-hydroxylation sites is 2. The molecule has 10 heteroatoms. The molecule has 0 aliphatic rings. The first-order valence-electron chi connectivity index (χ1n) is 9.15. The van der Waals surface area contributed by atoms with Gasteiger partial charge < -0.3 is 26.3 Å². The summed E-state index contributed by atoms with van der Waals surface area (Å²) in [5.74, 6) is -0.452. The smallest absolute Gasteiger partial charge is 0.232 e. The molecule has 2 heterocycles. The van der Waals surface area contributed by atoms with Crippen LogP contribution in [-0.4, -0.2) is 21.1 Å². The fourth-order valence-electron chi connectivity index (χ4n) is 3.75. The zero-order chi connectivity index (χ0) is 21.4. The van der Waals surface area contributed by atoms with Gasteiger partial charge in [-0.15, -0.1) is 15.3 Å². The summed E-state index contributed by atoms with van der Waals surface area (Å²) in [6, 6.07) is 15.8. The second-order valence-corrected chi connectivity index (χ2v) is 6.81. The third kappa shape index (κ3) is 3.00. The lowest BCUT2D eigenvalue weighted by molar-refractivity contribution is 0.922. The molecule has 0 radical (unpaired) electrons. The number of fused-ring (bicyclic) bond motifs is 2. The first-order chi connectivity index (χ1) is 14.4. The highest BCUT2D eigenvalue weighted by Gasteiger charge is 2.24. The molecule has 4 rings (SSSR count). The first-order valence-corrected chi connectivity index (χ1v) is 9.15. The standard InChI is InChI=1S/C20H22N10/c1-29-13-9-5-3-7-11(13)15(25-27-19(21)22)17(29)18-16(26-28-20(23)24)12-8-4-6-10-14(12)30(18)2/h3-10,25H,1-2H3,(H3,23,24)(H4,21,22,27). The van der Waals surface area contributed by atoms with Crippen LogP contribution >= 0.6 is 0 Å². The van der Waals surface area contributed by atoms with Gasteiger partial charge in [0, 0.05) is 24.9 Å². The van der Waals surface area contributed by atoms with Crippen LogP contribution in [0.3, 0.4) is 0 Å². The minimum atomic E-state index is -0.371. The van der Waals surface area contributed by atoms with Crippen LogP contribution in [0.4, 0.5) is 11.4 Å². The Kier molecular flexibility index (Phi) is 4.59. The second-order valence-electron chi connectivity index (χ2n) is 6.81. The summed E-state index contributed by atoms with van der Waals surface area (Å²) in [5.41, 5.74) is 24.4. The third-order valence-corrected chi connectivity index (χ3v) is 4.97. The number of nitrogens with zero attached hydrogens (tertiary/aromatic N) is 5. The quantitative estimate of drug-likeness (QED) is 0.154. The Hall–Kier alpha value is -4.34. The van der Waals surface area contributed by atoms with Crippen LogP contribution in [-0.2, 0) is 14.1 Å². The van der Waals surface area contributed by atoms with Gasteiger partial charge in [-0.2, -0.15) is 0 Å². The van der Waals surface area contributed by atoms with E-state index in [4.69, 9.17) is 22.6 Å². The number of hydrogen-bond donors (Lipinski definition) is 5. The molecule has 152 valence electrons. The second kappa shape index (κ2) is 7.24. The van der Waals surface area contributed by atoms with E-state index in [9.17, 15) is 0 Å². The molecule has 0 saturated heterocycles. The van der Waals surface area contributed by atoms with Crippen molar-refractivity contribution in [2.75, 3.05) is 5.43 Å². The van der Waals surface area contributed by atoms with E-state index in [2.05, 4.69) is 20.8 Å². The van der Waals surface area contributed by atoms with Gasteiger partial charge in [-0.25, -0.2) is 0 Å². The van der Waals surface area contributed by atoms with Gasteiger partial charge in [0.25, 0.3) is 0 Å². The number of anilines is 1. The maximum atomic E-state index is 7.47. The van der Waals surface area contributed by atoms with Crippen molar-refractivity contribution in [2.24, 2.45) is 46.6 Å². The molecule has 0 amide bonds. The Morgan fingerprint density at radius 3 is 2.07 bits per heavy atom. The lowest BCUT2D eigenvalue weighted by Crippen LogP contribution is -2.24. The maximum absolute atomic E-state index is 7.47. The summed E-state index contributed by atoms with van der Waals surface area (Å²) < 4.78 is 4.07. The van der Waals surface area contributed by atoms with Crippen LogP contribution in [0.2, 0.25) is 0 Å². The number of hydrogen-bond acceptors (Lipinski definition) is 4. The molecule has 0 saturated carbocycles. The maximum Gasteiger partial charge on any atom is 0.232 e. The van der Waals surface area contributed by atoms with Crippen LogP contribution in [0.25, 0.3) is 33.2 Å². The van der Waals surface area contributed by atoms with Crippen molar-refractivity contribution in [3.05, 3.63) is 48.5 Å². The van der Waals surface area contributed by atoms with Gasteiger partial charge in [-0.3, -0.25) is 10.8 Å². The van der Waals surface area contributed by atoms with Crippen LogP contribution in [0.1, 0.15) is 0 Å². The molecule has 2 aromatic carbocycles. The Morgan fingerprint density at radius 1 is 0.867 bits per heavy atom. The Balaban J connectivity index is 2.13. The molecule has 8 N–H and O–H groups in total. The van der Waals surface area contributed by atoms with Gasteiger partial charge in [-0.05, 0) is 12.1 Å². The summed E-state index contributed by atoms with van der Waals surface area (Å²) in [4.78, 5) is 0. The zero-order valence-corrected chi connectivity index (χ0v) is 16.6. The number of nitrogens with two attached hydrogens (primary N) is 3. The molecular weight excluding hydrogens is 380 g/mol. The van der Waals surface area contributed by atoms with E-state index in [-0.39, 0.29) is 11.9 Å². The van der Waals surface area contributed by atoms with E-state index in [1.807, 2.05) is 71.8 Å². The van der Waals surface area contributed by atoms with Crippen LogP contribution < -0.4 is 22.6 Å². The number of aromatic nitrogens is 2. The van der Waals surface area contributed by atoms with E-state index in [0.717, 1.165) is 38.9 Å². The Morgan fingerprint density at radius 2 is 1.43 bits per heavy atom. The predicted octanol–water partition coefficient (Wildman–Crippen LogP) is 2.91. The van der Waals surface area contributed by atoms with Gasteiger partial charge in [-0.1, -0.05) is 36.4 Å². The Labute approximate surface area is 172 Å². The summed E-state index contributed by atoms with van der Waals surface area (Å²) in [6.45, 7) is 0. The van der Waals surface area contributed by atoms with E-state index in [1.54, 1.807) is 0 Å². The van der Waals surface area contributed by atoms with Gasteiger partial charge >= 0.3 is 0 Å². The van der Waals surface area contributed by atoms with Gasteiger partial charge in [0.1, 0.15) is 5.69 Å². The van der Waals surface area contributed by atoms with Crippen LogP contribution in [0.15, 0.2) is 63.9 Å². The summed E-state index contributed by atoms with van der Waals surface area (Å²) in [5, 5.41) is 21.4. The molecule has 0 aliphatic heterocycles. The highest BCUT2D eigenvalue weighted by molar-refractivity contribution is 6.08. The van der Waals surface area contributed by atoms with Crippen molar-refractivity contribution >= 4 is 45.1 Å². The zero-order valence-electron chi connectivity index (χ0n) is 16.6. The van der Waals surface area contributed by atoms with Crippen LogP contribution in [0.5, 0.6) is 0 Å². The third-order valence-electron chi connectivity index (χ3n) is 4.97. The molecule has 0 bridgehead atoms. The minimum absolute atomic E-state index is 0.0811. The predicted molar refractivity (Wildman–Crippen MR) is 121 cm³/mol. The number of guanidine groups is 2. The lowest BCUT2D eigenvalue weighted by Gasteiger charge is -2.11. The number of benzene rings is 2. The van der Waals surface area contributed by atoms with Gasteiger partial charge in [0.2, 0.25) is 11.9 Å². The van der Waals surface area contributed by atoms with Gasteiger partial charge in [0.15, 0.2) is 0 Å². The molecule has 0 fully saturated rings. The Bertz CT molecular complexity index is 1330. The van der Waals surface area contributed by atoms with E-state index >= 15 is 0 Å². The molecular formula is C20H22N10. The summed E-state index contributed by atoms with van der Waals surface area (Å²) in [7, 11) is 3.91. The molecule has 30 heavy (non-hydrogen) atoms. The molecule has 10 nitrogen and oxygen atoms in total. The topological polar surface area (TPSA) is 161 Å². The number of azo groups is 1. The van der Waals surface area contributed by atoms with Crippen molar-refractivity contribution in [1.29, 1.82) is 5.41 Å². The minimum Gasteiger partial charge on any atom is -0.369 e. The largest absolute Gasteiger partial charge is 0.369 e. The van der Waals surface area contributed by atoms with E-state index < -0.39 is 0 Å². The average Bonchev–Trinajstić information content (AvgIpc) is 3.16. The van der Waals surface area contributed by atoms with E-state index in [0.29, 0.717) is 5.69 Å². The fourth-order valence-corrected chi connectivity index (χ4v) is 3.75. The number of nitrogens with one attached hydrogen (secondary N) is 2. The monoisotopic (exact) mass is 402 g/mol. The van der Waals surface area contributed by atoms with Crippen molar-refractivity contribution in [2.45, 2.75) is 0 Å². The fraction of sp³-hybridized carbons (Fsp3) is 0.100. The SMILES string of the molecule is Cn1c(-c2c(NN=C(N)N)c3ccccc3n2C)c(N=NC(=N)N)c2ccccc21. The molecule has 2 aromatic heterocycles. The first kappa shape index (κ1) is 19.0. The number of rotatable bonds is 4. The number of hydrazone groups is 1. The molecule has 0 aliphatic carbocycles. The summed E-state index contributed by atoms with van der Waals surface area (Å²) >= 11 is 0. The normalized spacial score (nSPS) is 11.4. The van der Waals surface area contributed by atoms with E-state index in [1.165, 1.54) is 0 Å². The lowest BCUT2D eigenvalue weighted by atomic mass is 10.1. The number of aryl methyl sites for hydroxylation is 2. The van der Waals surface area contributed by atoms with Crippen LogP contribution in [0, 0.1) is 5.41 Å². The molecule has 0 unspecified atom stereocenters. The molecule has 0 atom stereocenters. The van der Waals surface area contributed by atoms with Crippen molar-refractivity contribution in [1.82, 2.24) is 9.13 Å². The highest BCUT2D eigenvalue weighted by Crippen LogP contribution is 2.45. The average molecular weight is 402 g/mol. The van der Waals surface area contributed by atoms with Gasteiger partial charge in [0.05, 0.1) is 28.1 Å². The molecule has 4 aromatic rings.